The van der Waals surface area contributed by atoms with Gasteiger partial charge in [-0.1, -0.05) is 17.7 Å². The number of hydrogen-bond acceptors (Lipinski definition) is 4. The Hall–Kier alpha value is -2.21. The van der Waals surface area contributed by atoms with Crippen LogP contribution in [0.2, 0.25) is 5.02 Å². The Bertz CT molecular complexity index is 890. The molecular weight excluding hydrogens is 361 g/mol. The topological polar surface area (TPSA) is 34.0 Å². The number of rotatable bonds is 2. The summed E-state index contributed by atoms with van der Waals surface area (Å²) >= 11 is 10.5. The summed E-state index contributed by atoms with van der Waals surface area (Å²) in [4.78, 5) is 7.71. The van der Waals surface area contributed by atoms with Crippen molar-refractivity contribution in [1.29, 1.82) is 0 Å². The van der Waals surface area contributed by atoms with Gasteiger partial charge in [0, 0.05) is 11.8 Å². The first-order valence-electron chi connectivity index (χ1n) is 6.68. The predicted octanol–water partition coefficient (Wildman–Crippen LogP) is 5.85. The number of isothiocyanates is 1. The summed E-state index contributed by atoms with van der Waals surface area (Å²) in [5, 5.41) is 1.95. The molecule has 0 amide bonds. The zero-order valence-corrected chi connectivity index (χ0v) is 13.5. The molecule has 1 aliphatic heterocycles. The second-order valence-electron chi connectivity index (χ2n) is 4.86. The third-order valence-electron chi connectivity index (χ3n) is 3.35. The van der Waals surface area contributed by atoms with E-state index in [-0.39, 0.29) is 21.8 Å². The highest BCUT2D eigenvalue weighted by atomic mass is 35.5. The number of thiocarbonyl (C=S) groups is 1. The van der Waals surface area contributed by atoms with Crippen LogP contribution in [0.3, 0.4) is 0 Å². The van der Waals surface area contributed by atoms with Gasteiger partial charge in [0.2, 0.25) is 0 Å². The van der Waals surface area contributed by atoms with E-state index in [0.29, 0.717) is 18.0 Å². The van der Waals surface area contributed by atoms with Gasteiger partial charge in [-0.2, -0.15) is 18.2 Å². The van der Waals surface area contributed by atoms with E-state index in [2.05, 4.69) is 22.2 Å². The highest BCUT2D eigenvalue weighted by Crippen LogP contribution is 2.45. The largest absolute Gasteiger partial charge is 0.486 e. The van der Waals surface area contributed by atoms with Crippen LogP contribution in [0.5, 0.6) is 5.75 Å². The first kappa shape index (κ1) is 16.6. The fourth-order valence-electron chi connectivity index (χ4n) is 2.39. The minimum Gasteiger partial charge on any atom is -0.486 e. The van der Waals surface area contributed by atoms with E-state index in [4.69, 9.17) is 16.3 Å². The van der Waals surface area contributed by atoms with Crippen molar-refractivity contribution in [1.82, 2.24) is 0 Å². The van der Waals surface area contributed by atoms with Crippen molar-refractivity contribution >= 4 is 46.6 Å². The zero-order valence-electron chi connectivity index (χ0n) is 11.9. The van der Waals surface area contributed by atoms with Crippen molar-refractivity contribution < 1.29 is 17.9 Å². The standard InChI is InChI=1S/C16H8ClF3N2OS/c17-12-7-10(22-8-24)6-11(16(18,19)20)15(12)9-1-2-14-13(5-9)21-3-4-23-14/h1-3,5-7H,4H2. The molecule has 2 aromatic carbocycles. The van der Waals surface area contributed by atoms with Crippen LogP contribution < -0.4 is 4.74 Å². The van der Waals surface area contributed by atoms with E-state index < -0.39 is 11.7 Å². The van der Waals surface area contributed by atoms with Gasteiger partial charge in [0.05, 0.1) is 21.4 Å². The second-order valence-corrected chi connectivity index (χ2v) is 5.45. The molecule has 8 heteroatoms. The van der Waals surface area contributed by atoms with Crippen LogP contribution >= 0.6 is 23.8 Å². The summed E-state index contributed by atoms with van der Waals surface area (Å²) in [5.41, 5.74) is -0.323. The minimum absolute atomic E-state index is 0.00890. The third-order valence-corrected chi connectivity index (χ3v) is 3.74. The van der Waals surface area contributed by atoms with E-state index in [1.807, 2.05) is 5.16 Å². The van der Waals surface area contributed by atoms with E-state index in [9.17, 15) is 13.2 Å². The van der Waals surface area contributed by atoms with E-state index in [1.54, 1.807) is 6.07 Å². The quantitative estimate of drug-likeness (QED) is 0.492. The number of fused-ring (bicyclic) bond motifs is 1. The van der Waals surface area contributed by atoms with Crippen LogP contribution in [0.4, 0.5) is 24.5 Å². The lowest BCUT2D eigenvalue weighted by Gasteiger charge is -2.17. The molecule has 0 atom stereocenters. The molecule has 0 fully saturated rings. The van der Waals surface area contributed by atoms with Crippen LogP contribution in [-0.2, 0) is 6.18 Å². The average molecular weight is 369 g/mol. The van der Waals surface area contributed by atoms with Gasteiger partial charge in [-0.05, 0) is 42.0 Å². The molecule has 0 saturated heterocycles. The molecule has 0 unspecified atom stereocenters. The molecule has 122 valence electrons. The van der Waals surface area contributed by atoms with Gasteiger partial charge in [-0.25, -0.2) is 0 Å². The zero-order chi connectivity index (χ0) is 17.3. The van der Waals surface area contributed by atoms with Gasteiger partial charge in [-0.15, -0.1) is 0 Å². The Kier molecular flexibility index (Phi) is 4.41. The summed E-state index contributed by atoms with van der Waals surface area (Å²) in [5.74, 6) is 0.507. The number of alkyl halides is 3. The summed E-state index contributed by atoms with van der Waals surface area (Å²) in [6.07, 6.45) is -3.07. The molecule has 3 rings (SSSR count). The van der Waals surface area contributed by atoms with Gasteiger partial charge < -0.3 is 4.74 Å². The van der Waals surface area contributed by atoms with Gasteiger partial charge in [-0.3, -0.25) is 4.99 Å². The molecule has 0 spiro atoms. The van der Waals surface area contributed by atoms with Gasteiger partial charge >= 0.3 is 6.18 Å². The Labute approximate surface area is 145 Å². The average Bonchev–Trinajstić information content (AvgIpc) is 2.53. The van der Waals surface area contributed by atoms with Crippen LogP contribution in [0.25, 0.3) is 11.1 Å². The summed E-state index contributed by atoms with van der Waals surface area (Å²) in [6, 6.07) is 6.78. The van der Waals surface area contributed by atoms with E-state index in [1.165, 1.54) is 24.4 Å². The summed E-state index contributed by atoms with van der Waals surface area (Å²) < 4.78 is 45.8. The first-order valence-corrected chi connectivity index (χ1v) is 7.47. The minimum atomic E-state index is -4.61. The Morgan fingerprint density at radius 2 is 2.04 bits per heavy atom. The summed E-state index contributed by atoms with van der Waals surface area (Å²) in [7, 11) is 0. The van der Waals surface area contributed by atoms with Crippen molar-refractivity contribution in [2.24, 2.45) is 9.98 Å². The maximum absolute atomic E-state index is 13.5. The molecule has 0 aromatic heterocycles. The van der Waals surface area contributed by atoms with Crippen LogP contribution in [0.15, 0.2) is 40.3 Å². The lowest BCUT2D eigenvalue weighted by molar-refractivity contribution is -0.137. The lowest BCUT2D eigenvalue weighted by atomic mass is 9.97. The van der Waals surface area contributed by atoms with Gasteiger partial charge in [0.25, 0.3) is 0 Å². The lowest BCUT2D eigenvalue weighted by Crippen LogP contribution is -2.08. The Balaban J connectivity index is 2.24. The van der Waals surface area contributed by atoms with Crippen LogP contribution in [-0.4, -0.2) is 18.0 Å². The SMILES string of the molecule is FC(F)(F)c1cc(N=C=S)cc(Cl)c1-c1ccc2c(c1)N=CCO2. The fourth-order valence-corrected chi connectivity index (χ4v) is 2.81. The monoisotopic (exact) mass is 368 g/mol. The molecule has 2 aromatic rings. The second kappa shape index (κ2) is 6.36. The third kappa shape index (κ3) is 3.19. The molecule has 24 heavy (non-hydrogen) atoms. The molecule has 1 heterocycles. The molecule has 0 aliphatic carbocycles. The van der Waals surface area contributed by atoms with Crippen molar-refractivity contribution in [3.05, 3.63) is 40.9 Å². The van der Waals surface area contributed by atoms with Crippen molar-refractivity contribution in [3.63, 3.8) is 0 Å². The van der Waals surface area contributed by atoms with E-state index >= 15 is 0 Å². The molecule has 0 bridgehead atoms. The van der Waals surface area contributed by atoms with Crippen molar-refractivity contribution in [2.45, 2.75) is 6.18 Å². The molecular formula is C16H8ClF3N2OS. The predicted molar refractivity (Wildman–Crippen MR) is 90.2 cm³/mol. The van der Waals surface area contributed by atoms with Crippen LogP contribution in [0, 0.1) is 0 Å². The number of hydrogen-bond donors (Lipinski definition) is 0. The Morgan fingerprint density at radius 3 is 2.75 bits per heavy atom. The van der Waals surface area contributed by atoms with Crippen molar-refractivity contribution in [3.8, 4) is 16.9 Å². The summed E-state index contributed by atoms with van der Waals surface area (Å²) in [6.45, 7) is 0.325. The number of nitrogens with zero attached hydrogens (tertiary/aromatic N) is 2. The van der Waals surface area contributed by atoms with Gasteiger partial charge in [0.15, 0.2) is 0 Å². The maximum Gasteiger partial charge on any atom is 0.417 e. The molecule has 1 aliphatic rings. The Morgan fingerprint density at radius 1 is 1.25 bits per heavy atom. The number of benzene rings is 2. The van der Waals surface area contributed by atoms with Crippen molar-refractivity contribution in [2.75, 3.05) is 6.61 Å². The molecule has 3 nitrogen and oxygen atoms in total. The fraction of sp³-hybridized carbons (Fsp3) is 0.125. The first-order chi connectivity index (χ1) is 11.4. The molecule has 0 saturated carbocycles. The maximum atomic E-state index is 13.5. The molecule has 0 N–H and O–H groups in total. The number of ether oxygens (including phenoxy) is 1. The van der Waals surface area contributed by atoms with Gasteiger partial charge in [0.1, 0.15) is 18.0 Å². The number of aliphatic imine (C=N–C) groups is 2. The highest BCUT2D eigenvalue weighted by molar-refractivity contribution is 7.78. The smallest absolute Gasteiger partial charge is 0.417 e. The molecule has 0 radical (unpaired) electrons. The highest BCUT2D eigenvalue weighted by Gasteiger charge is 2.35. The normalized spacial score (nSPS) is 13.0. The van der Waals surface area contributed by atoms with E-state index in [0.717, 1.165) is 6.07 Å². The van der Waals surface area contributed by atoms with Crippen LogP contribution in [0.1, 0.15) is 5.56 Å². The number of halogens is 4.